The van der Waals surface area contributed by atoms with Gasteiger partial charge < -0.3 is 4.90 Å². The average molecular weight is 324 g/mol. The molecule has 0 unspecified atom stereocenters. The molecule has 2 atom stereocenters. The first kappa shape index (κ1) is 17.4. The van der Waals surface area contributed by atoms with Crippen molar-refractivity contribution in [1.29, 1.82) is 0 Å². The van der Waals surface area contributed by atoms with E-state index in [0.717, 1.165) is 23.8 Å². The SMILES string of the molecule is Cc1nc(C(C)(C)NCC(=O)N2C[C@@H](C)C[C@H](C)C2)sc1C. The molecule has 5 heteroatoms. The molecule has 0 bridgehead atoms. The van der Waals surface area contributed by atoms with Crippen LogP contribution in [0.25, 0.3) is 0 Å². The first-order valence-electron chi connectivity index (χ1n) is 8.16. The number of hydrogen-bond donors (Lipinski definition) is 1. The highest BCUT2D eigenvalue weighted by Crippen LogP contribution is 2.27. The van der Waals surface area contributed by atoms with Gasteiger partial charge in [-0.1, -0.05) is 13.8 Å². The maximum Gasteiger partial charge on any atom is 0.236 e. The Morgan fingerprint density at radius 3 is 2.41 bits per heavy atom. The number of thiazole rings is 1. The van der Waals surface area contributed by atoms with Crippen molar-refractivity contribution >= 4 is 17.2 Å². The Balaban J connectivity index is 1.95. The predicted molar refractivity (Wildman–Crippen MR) is 92.1 cm³/mol. The summed E-state index contributed by atoms with van der Waals surface area (Å²) < 4.78 is 0. The van der Waals surface area contributed by atoms with Crippen molar-refractivity contribution < 1.29 is 4.79 Å². The van der Waals surface area contributed by atoms with Crippen LogP contribution < -0.4 is 5.32 Å². The molecule has 2 rings (SSSR count). The highest BCUT2D eigenvalue weighted by atomic mass is 32.1. The minimum absolute atomic E-state index is 0.205. The summed E-state index contributed by atoms with van der Waals surface area (Å²) in [7, 11) is 0. The van der Waals surface area contributed by atoms with Gasteiger partial charge in [0.2, 0.25) is 5.91 Å². The van der Waals surface area contributed by atoms with Crippen molar-refractivity contribution in [3.63, 3.8) is 0 Å². The number of amides is 1. The van der Waals surface area contributed by atoms with Crippen molar-refractivity contribution in [3.8, 4) is 0 Å². The number of piperidine rings is 1. The molecule has 0 aromatic carbocycles. The van der Waals surface area contributed by atoms with Crippen LogP contribution >= 0.6 is 11.3 Å². The molecule has 1 amide bonds. The Kier molecular flexibility index (Phi) is 5.28. The zero-order valence-electron chi connectivity index (χ0n) is 14.7. The summed E-state index contributed by atoms with van der Waals surface area (Å²) in [4.78, 5) is 20.4. The molecular weight excluding hydrogens is 294 g/mol. The van der Waals surface area contributed by atoms with Gasteiger partial charge in [-0.05, 0) is 46.0 Å². The lowest BCUT2D eigenvalue weighted by molar-refractivity contribution is -0.133. The third-order valence-electron chi connectivity index (χ3n) is 4.47. The molecule has 1 aromatic heterocycles. The molecule has 0 radical (unpaired) electrons. The fourth-order valence-electron chi connectivity index (χ4n) is 3.09. The van der Waals surface area contributed by atoms with E-state index in [0.29, 0.717) is 18.4 Å². The van der Waals surface area contributed by atoms with E-state index in [1.807, 2.05) is 11.8 Å². The summed E-state index contributed by atoms with van der Waals surface area (Å²) in [5, 5.41) is 4.45. The molecule has 0 spiro atoms. The van der Waals surface area contributed by atoms with Gasteiger partial charge in [-0.3, -0.25) is 10.1 Å². The minimum Gasteiger partial charge on any atom is -0.341 e. The van der Waals surface area contributed by atoms with Gasteiger partial charge in [-0.15, -0.1) is 11.3 Å². The summed E-state index contributed by atoms with van der Waals surface area (Å²) in [6.07, 6.45) is 1.22. The van der Waals surface area contributed by atoms with E-state index in [4.69, 9.17) is 0 Å². The second-order valence-electron chi connectivity index (χ2n) is 7.38. The molecule has 22 heavy (non-hydrogen) atoms. The molecule has 1 saturated heterocycles. The Labute approximate surface area is 138 Å². The normalized spacial score (nSPS) is 22.9. The van der Waals surface area contributed by atoms with Crippen molar-refractivity contribution in [2.24, 2.45) is 11.8 Å². The number of hydrogen-bond acceptors (Lipinski definition) is 4. The largest absolute Gasteiger partial charge is 0.341 e. The highest BCUT2D eigenvalue weighted by Gasteiger charge is 2.29. The number of carbonyl (C=O) groups is 1. The van der Waals surface area contributed by atoms with Crippen LogP contribution in [0.15, 0.2) is 0 Å². The Morgan fingerprint density at radius 2 is 1.91 bits per heavy atom. The third kappa shape index (κ3) is 4.07. The summed E-state index contributed by atoms with van der Waals surface area (Å²) in [6.45, 7) is 14.9. The predicted octanol–water partition coefficient (Wildman–Crippen LogP) is 3.09. The monoisotopic (exact) mass is 323 g/mol. The number of nitrogens with zero attached hydrogens (tertiary/aromatic N) is 2. The fraction of sp³-hybridized carbons (Fsp3) is 0.765. The van der Waals surface area contributed by atoms with Crippen LogP contribution in [-0.4, -0.2) is 35.4 Å². The molecule has 1 fully saturated rings. The molecule has 1 aliphatic heterocycles. The third-order valence-corrected chi connectivity index (χ3v) is 5.86. The lowest BCUT2D eigenvalue weighted by atomic mass is 9.92. The summed E-state index contributed by atoms with van der Waals surface area (Å²) >= 11 is 1.71. The van der Waals surface area contributed by atoms with E-state index in [1.165, 1.54) is 11.3 Å². The average Bonchev–Trinajstić information content (AvgIpc) is 2.76. The van der Waals surface area contributed by atoms with Crippen LogP contribution in [0.5, 0.6) is 0 Å². The quantitative estimate of drug-likeness (QED) is 0.926. The van der Waals surface area contributed by atoms with Gasteiger partial charge in [0.1, 0.15) is 5.01 Å². The molecule has 1 aliphatic rings. The summed E-state index contributed by atoms with van der Waals surface area (Å²) in [6, 6.07) is 0. The van der Waals surface area contributed by atoms with Gasteiger partial charge in [-0.25, -0.2) is 4.98 Å². The fourth-order valence-corrected chi connectivity index (χ4v) is 4.08. The number of carbonyl (C=O) groups excluding carboxylic acids is 1. The van der Waals surface area contributed by atoms with Crippen LogP contribution in [0.4, 0.5) is 0 Å². The summed E-state index contributed by atoms with van der Waals surface area (Å²) in [5.74, 6) is 1.41. The second kappa shape index (κ2) is 6.67. The van der Waals surface area contributed by atoms with Gasteiger partial charge in [0.25, 0.3) is 0 Å². The van der Waals surface area contributed by atoms with E-state index in [2.05, 4.69) is 44.9 Å². The van der Waals surface area contributed by atoms with Gasteiger partial charge in [-0.2, -0.15) is 0 Å². The van der Waals surface area contributed by atoms with Gasteiger partial charge in [0.05, 0.1) is 17.8 Å². The van der Waals surface area contributed by atoms with Crippen LogP contribution in [0.3, 0.4) is 0 Å². The molecule has 0 saturated carbocycles. The van der Waals surface area contributed by atoms with Crippen molar-refractivity contribution in [2.75, 3.05) is 19.6 Å². The standard InChI is InChI=1S/C17H29N3OS/c1-11-7-12(2)10-20(9-11)15(21)8-18-17(5,6)16-19-13(3)14(4)22-16/h11-12,18H,7-10H2,1-6H3/t11-,12-/m0/s1. The second-order valence-corrected chi connectivity index (χ2v) is 8.59. The lowest BCUT2D eigenvalue weighted by Crippen LogP contribution is -2.49. The maximum absolute atomic E-state index is 12.5. The van der Waals surface area contributed by atoms with Crippen LogP contribution in [-0.2, 0) is 10.3 Å². The molecule has 4 nitrogen and oxygen atoms in total. The van der Waals surface area contributed by atoms with Crippen LogP contribution in [0.2, 0.25) is 0 Å². The Morgan fingerprint density at radius 1 is 1.32 bits per heavy atom. The molecule has 124 valence electrons. The van der Waals surface area contributed by atoms with E-state index in [-0.39, 0.29) is 11.4 Å². The van der Waals surface area contributed by atoms with Crippen molar-refractivity contribution in [2.45, 2.75) is 53.5 Å². The van der Waals surface area contributed by atoms with Gasteiger partial charge >= 0.3 is 0 Å². The molecule has 1 aromatic rings. The number of aryl methyl sites for hydroxylation is 2. The lowest BCUT2D eigenvalue weighted by Gasteiger charge is -2.36. The van der Waals surface area contributed by atoms with Gasteiger partial charge in [0.15, 0.2) is 0 Å². The minimum atomic E-state index is -0.271. The van der Waals surface area contributed by atoms with E-state index in [1.54, 1.807) is 11.3 Å². The smallest absolute Gasteiger partial charge is 0.236 e. The number of rotatable bonds is 4. The van der Waals surface area contributed by atoms with Crippen LogP contribution in [0, 0.1) is 25.7 Å². The van der Waals surface area contributed by atoms with E-state index < -0.39 is 0 Å². The Hall–Kier alpha value is -0.940. The highest BCUT2D eigenvalue weighted by molar-refractivity contribution is 7.11. The number of nitrogens with one attached hydrogen (secondary N) is 1. The zero-order chi connectivity index (χ0) is 16.5. The van der Waals surface area contributed by atoms with Crippen molar-refractivity contribution in [3.05, 3.63) is 15.6 Å². The first-order valence-corrected chi connectivity index (χ1v) is 8.98. The van der Waals surface area contributed by atoms with E-state index in [9.17, 15) is 4.79 Å². The zero-order valence-corrected chi connectivity index (χ0v) is 15.5. The number of likely N-dealkylation sites (tertiary alicyclic amines) is 1. The summed E-state index contributed by atoms with van der Waals surface area (Å²) in [5.41, 5.74) is 0.812. The van der Waals surface area contributed by atoms with Crippen molar-refractivity contribution in [1.82, 2.24) is 15.2 Å². The first-order chi connectivity index (χ1) is 10.2. The maximum atomic E-state index is 12.5. The molecule has 2 heterocycles. The molecular formula is C17H29N3OS. The van der Waals surface area contributed by atoms with Crippen LogP contribution in [0.1, 0.15) is 49.7 Å². The van der Waals surface area contributed by atoms with E-state index >= 15 is 0 Å². The van der Waals surface area contributed by atoms with Gasteiger partial charge in [0, 0.05) is 18.0 Å². The Bertz CT molecular complexity index is 509. The molecule has 0 aliphatic carbocycles. The topological polar surface area (TPSA) is 45.2 Å². The molecule has 1 N–H and O–H groups in total. The number of aromatic nitrogens is 1.